The molecule has 1 aromatic rings. The fourth-order valence-electron chi connectivity index (χ4n) is 0.937. The number of rotatable bonds is 3. The molecule has 0 aliphatic heterocycles. The molecule has 0 unspecified atom stereocenters. The quantitative estimate of drug-likeness (QED) is 0.584. The molecule has 0 aliphatic carbocycles. The normalized spacial score (nSPS) is 9.45. The predicted octanol–water partition coefficient (Wildman–Crippen LogP) is 0.709. The summed E-state index contributed by atoms with van der Waals surface area (Å²) in [6, 6.07) is 2.11. The molecule has 0 aromatic carbocycles. The van der Waals surface area contributed by atoms with Gasteiger partial charge < -0.3 is 0 Å². The minimum atomic E-state index is 0.582. The Labute approximate surface area is 66.5 Å². The lowest BCUT2D eigenvalue weighted by molar-refractivity contribution is -0.695. The zero-order valence-corrected chi connectivity index (χ0v) is 6.70. The molecule has 0 amide bonds. The highest BCUT2D eigenvalue weighted by Crippen LogP contribution is 1.83. The molecule has 0 fully saturated rings. The van der Waals surface area contributed by atoms with Gasteiger partial charge in [0.1, 0.15) is 18.9 Å². The van der Waals surface area contributed by atoms with E-state index in [1.165, 1.54) is 0 Å². The van der Waals surface area contributed by atoms with Gasteiger partial charge in [0, 0.05) is 0 Å². The molecule has 0 aliphatic rings. The van der Waals surface area contributed by atoms with Crippen LogP contribution in [0.3, 0.4) is 0 Å². The van der Waals surface area contributed by atoms with Gasteiger partial charge in [0.15, 0.2) is 0 Å². The maximum Gasteiger partial charge on any atom is 0.243 e. The molecule has 0 atom stereocenters. The largest absolute Gasteiger partial charge is 0.243 e. The molecule has 1 rings (SSSR count). The summed E-state index contributed by atoms with van der Waals surface area (Å²) in [5.74, 6) is 0. The van der Waals surface area contributed by atoms with Crippen LogP contribution in [0.2, 0.25) is 0 Å². The fourth-order valence-corrected chi connectivity index (χ4v) is 0.937. The van der Waals surface area contributed by atoms with Crippen LogP contribution in [0.15, 0.2) is 18.7 Å². The molecule has 3 heteroatoms. The second-order valence-electron chi connectivity index (χ2n) is 2.39. The highest BCUT2D eigenvalue weighted by molar-refractivity contribution is 4.67. The first-order valence-corrected chi connectivity index (χ1v) is 3.78. The van der Waals surface area contributed by atoms with Crippen molar-refractivity contribution < 1.29 is 4.57 Å². The first-order chi connectivity index (χ1) is 5.36. The first kappa shape index (κ1) is 7.80. The van der Waals surface area contributed by atoms with Gasteiger partial charge in [-0.15, -0.1) is 0 Å². The monoisotopic (exact) mass is 150 g/mol. The van der Waals surface area contributed by atoms with E-state index in [1.54, 1.807) is 0 Å². The molecule has 0 saturated carbocycles. The summed E-state index contributed by atoms with van der Waals surface area (Å²) >= 11 is 0. The lowest BCUT2D eigenvalue weighted by atomic mass is 10.5. The van der Waals surface area contributed by atoms with Crippen molar-refractivity contribution in [2.75, 3.05) is 0 Å². The van der Waals surface area contributed by atoms with Crippen molar-refractivity contribution in [2.45, 2.75) is 26.4 Å². The highest BCUT2D eigenvalue weighted by atomic mass is 15.1. The third kappa shape index (κ3) is 2.08. The van der Waals surface area contributed by atoms with Gasteiger partial charge in [-0.1, -0.05) is 0 Å². The van der Waals surface area contributed by atoms with E-state index in [0.29, 0.717) is 6.42 Å². The van der Waals surface area contributed by atoms with Gasteiger partial charge in [-0.25, -0.2) is 9.13 Å². The van der Waals surface area contributed by atoms with E-state index in [9.17, 15) is 0 Å². The Morgan fingerprint density at radius 2 is 2.45 bits per heavy atom. The molecule has 1 aromatic heterocycles. The van der Waals surface area contributed by atoms with Crippen LogP contribution >= 0.6 is 0 Å². The number of hydrogen-bond donors (Lipinski definition) is 0. The van der Waals surface area contributed by atoms with Crippen molar-refractivity contribution in [3.05, 3.63) is 18.7 Å². The summed E-state index contributed by atoms with van der Waals surface area (Å²) < 4.78 is 4.10. The number of hydrogen-bond acceptors (Lipinski definition) is 1. The third-order valence-corrected chi connectivity index (χ3v) is 1.59. The second kappa shape index (κ2) is 3.77. The van der Waals surface area contributed by atoms with Crippen molar-refractivity contribution >= 4 is 0 Å². The van der Waals surface area contributed by atoms with Crippen LogP contribution in [0.1, 0.15) is 13.3 Å². The van der Waals surface area contributed by atoms with E-state index in [0.717, 1.165) is 13.1 Å². The van der Waals surface area contributed by atoms with Gasteiger partial charge in [0.2, 0.25) is 6.33 Å². The standard InChI is InChI=1S/C8H12N3/c1-2-10-6-7-11(8-10)5-3-4-9/h6-8H,2-3,5H2,1H3/q+1. The van der Waals surface area contributed by atoms with Crippen LogP contribution in [0.5, 0.6) is 0 Å². The molecular formula is C8H12N3+. The number of nitriles is 1. The second-order valence-corrected chi connectivity index (χ2v) is 2.39. The summed E-state index contributed by atoms with van der Waals surface area (Å²) in [6.07, 6.45) is 6.59. The van der Waals surface area contributed by atoms with Crippen molar-refractivity contribution in [3.8, 4) is 6.07 Å². The van der Waals surface area contributed by atoms with Crippen LogP contribution in [0, 0.1) is 11.3 Å². The Bertz CT molecular complexity index is 257. The molecular weight excluding hydrogens is 138 g/mol. The molecule has 0 spiro atoms. The fraction of sp³-hybridized carbons (Fsp3) is 0.500. The topological polar surface area (TPSA) is 32.6 Å². The molecule has 0 bridgehead atoms. The molecule has 0 radical (unpaired) electrons. The van der Waals surface area contributed by atoms with Crippen molar-refractivity contribution in [1.82, 2.24) is 4.57 Å². The highest BCUT2D eigenvalue weighted by Gasteiger charge is 1.99. The first-order valence-electron chi connectivity index (χ1n) is 3.78. The summed E-state index contributed by atoms with van der Waals surface area (Å²) in [5.41, 5.74) is 0. The van der Waals surface area contributed by atoms with Crippen molar-refractivity contribution in [2.24, 2.45) is 0 Å². The van der Waals surface area contributed by atoms with E-state index in [2.05, 4.69) is 17.6 Å². The number of aromatic nitrogens is 2. The van der Waals surface area contributed by atoms with Gasteiger partial charge in [0.25, 0.3) is 0 Å². The maximum atomic E-state index is 8.32. The molecule has 3 nitrogen and oxygen atoms in total. The van der Waals surface area contributed by atoms with Crippen LogP contribution in [0.25, 0.3) is 0 Å². The van der Waals surface area contributed by atoms with E-state index in [-0.39, 0.29) is 0 Å². The predicted molar refractivity (Wildman–Crippen MR) is 40.5 cm³/mol. The summed E-state index contributed by atoms with van der Waals surface area (Å²) in [7, 11) is 0. The molecule has 58 valence electrons. The van der Waals surface area contributed by atoms with Crippen LogP contribution < -0.4 is 4.57 Å². The summed E-state index contributed by atoms with van der Waals surface area (Å²) in [6.45, 7) is 3.87. The Kier molecular flexibility index (Phi) is 2.67. The number of aryl methyl sites for hydroxylation is 2. The Morgan fingerprint density at radius 1 is 1.64 bits per heavy atom. The van der Waals surface area contributed by atoms with Crippen molar-refractivity contribution in [3.63, 3.8) is 0 Å². The Balaban J connectivity index is 2.53. The molecule has 0 saturated heterocycles. The summed E-state index contributed by atoms with van der Waals surface area (Å²) in [4.78, 5) is 0. The smallest absolute Gasteiger partial charge is 0.237 e. The molecule has 11 heavy (non-hydrogen) atoms. The van der Waals surface area contributed by atoms with E-state index in [1.807, 2.05) is 23.3 Å². The zero-order valence-electron chi connectivity index (χ0n) is 6.70. The summed E-state index contributed by atoms with van der Waals surface area (Å²) in [5, 5.41) is 8.32. The molecule has 1 heterocycles. The van der Waals surface area contributed by atoms with E-state index >= 15 is 0 Å². The third-order valence-electron chi connectivity index (χ3n) is 1.59. The average Bonchev–Trinajstić information content (AvgIpc) is 2.48. The Hall–Kier alpha value is -1.30. The lowest BCUT2D eigenvalue weighted by Gasteiger charge is -1.87. The minimum absolute atomic E-state index is 0.582. The van der Waals surface area contributed by atoms with Crippen LogP contribution in [-0.2, 0) is 13.1 Å². The van der Waals surface area contributed by atoms with E-state index < -0.39 is 0 Å². The van der Waals surface area contributed by atoms with Crippen LogP contribution in [0.4, 0.5) is 0 Å². The Morgan fingerprint density at radius 3 is 3.00 bits per heavy atom. The van der Waals surface area contributed by atoms with Crippen molar-refractivity contribution in [1.29, 1.82) is 5.26 Å². The van der Waals surface area contributed by atoms with Gasteiger partial charge in [-0.2, -0.15) is 5.26 Å². The SMILES string of the molecule is CCn1cc[n+](CCC#N)c1. The van der Waals surface area contributed by atoms with Gasteiger partial charge >= 0.3 is 0 Å². The maximum absolute atomic E-state index is 8.32. The van der Waals surface area contributed by atoms with E-state index in [4.69, 9.17) is 5.26 Å². The zero-order chi connectivity index (χ0) is 8.10. The minimum Gasteiger partial charge on any atom is -0.237 e. The van der Waals surface area contributed by atoms with Gasteiger partial charge in [0.05, 0.1) is 19.0 Å². The van der Waals surface area contributed by atoms with Crippen LogP contribution in [-0.4, -0.2) is 4.57 Å². The number of imidazole rings is 1. The molecule has 0 N–H and O–H groups in total. The number of nitrogens with zero attached hydrogens (tertiary/aromatic N) is 3. The lowest BCUT2D eigenvalue weighted by Crippen LogP contribution is -2.30. The van der Waals surface area contributed by atoms with Gasteiger partial charge in [-0.3, -0.25) is 0 Å². The average molecular weight is 150 g/mol. The van der Waals surface area contributed by atoms with Gasteiger partial charge in [-0.05, 0) is 6.92 Å².